The lowest BCUT2D eigenvalue weighted by Gasteiger charge is -2.08. The van der Waals surface area contributed by atoms with Crippen molar-refractivity contribution < 1.29 is 9.47 Å². The Morgan fingerprint density at radius 3 is 1.45 bits per heavy atom. The fraction of sp³-hybridized carbons (Fsp3) is 0.250. The topological polar surface area (TPSA) is 43.2 Å². The van der Waals surface area contributed by atoms with Crippen LogP contribution in [0, 0.1) is 13.8 Å². The van der Waals surface area contributed by atoms with Crippen molar-refractivity contribution in [2.24, 2.45) is 10.2 Å². The molecule has 0 amide bonds. The molecule has 0 aromatic heterocycles. The van der Waals surface area contributed by atoms with E-state index >= 15 is 0 Å². The van der Waals surface area contributed by atoms with Gasteiger partial charge in [-0.2, -0.15) is 0 Å². The highest BCUT2D eigenvalue weighted by atomic mass is 16.5. The normalized spacial score (nSPS) is 10.8. The van der Waals surface area contributed by atoms with Crippen LogP contribution in [0.25, 0.3) is 0 Å². The Hall–Kier alpha value is -2.36. The molecular weight excluding hydrogens is 252 g/mol. The highest BCUT2D eigenvalue weighted by Gasteiger charge is 2.07. The van der Waals surface area contributed by atoms with Crippen LogP contribution in [0.15, 0.2) is 46.6 Å². The molecule has 0 heterocycles. The van der Waals surface area contributed by atoms with Crippen LogP contribution < -0.4 is 9.47 Å². The summed E-state index contributed by atoms with van der Waals surface area (Å²) in [5, 5.41) is 8.67. The van der Waals surface area contributed by atoms with Gasteiger partial charge in [0.1, 0.15) is 22.9 Å². The van der Waals surface area contributed by atoms with Crippen molar-refractivity contribution in [3.8, 4) is 11.5 Å². The Labute approximate surface area is 119 Å². The summed E-state index contributed by atoms with van der Waals surface area (Å²) < 4.78 is 10.6. The third kappa shape index (κ3) is 2.79. The fourth-order valence-corrected chi connectivity index (χ4v) is 1.95. The van der Waals surface area contributed by atoms with Crippen LogP contribution in [-0.2, 0) is 0 Å². The zero-order valence-electron chi connectivity index (χ0n) is 12.2. The molecule has 0 saturated carbocycles. The van der Waals surface area contributed by atoms with Crippen molar-refractivity contribution in [2.45, 2.75) is 13.8 Å². The molecule has 0 N–H and O–H groups in total. The third-order valence-corrected chi connectivity index (χ3v) is 3.09. The van der Waals surface area contributed by atoms with Gasteiger partial charge in [-0.15, -0.1) is 10.2 Å². The molecular formula is C16H18N2O2. The van der Waals surface area contributed by atoms with Gasteiger partial charge in [-0.05, 0) is 37.1 Å². The molecule has 104 valence electrons. The lowest BCUT2D eigenvalue weighted by Crippen LogP contribution is -1.86. The first-order valence-corrected chi connectivity index (χ1v) is 6.36. The molecule has 4 nitrogen and oxygen atoms in total. The molecule has 0 spiro atoms. The van der Waals surface area contributed by atoms with E-state index in [4.69, 9.17) is 9.47 Å². The largest absolute Gasteiger partial charge is 0.494 e. The smallest absolute Gasteiger partial charge is 0.146 e. The second-order valence-corrected chi connectivity index (χ2v) is 4.45. The fourth-order valence-electron chi connectivity index (χ4n) is 1.95. The van der Waals surface area contributed by atoms with Crippen LogP contribution >= 0.6 is 0 Å². The summed E-state index contributed by atoms with van der Waals surface area (Å²) in [7, 11) is 3.25. The number of hydrogen-bond donors (Lipinski definition) is 0. The number of azo groups is 1. The quantitative estimate of drug-likeness (QED) is 0.753. The van der Waals surface area contributed by atoms with Crippen LogP contribution in [0.1, 0.15) is 11.1 Å². The molecule has 0 aliphatic carbocycles. The molecule has 0 aliphatic rings. The van der Waals surface area contributed by atoms with Gasteiger partial charge in [0.2, 0.25) is 0 Å². The van der Waals surface area contributed by atoms with E-state index in [1.54, 1.807) is 14.2 Å². The predicted octanol–water partition coefficient (Wildman–Crippen LogP) is 4.74. The third-order valence-electron chi connectivity index (χ3n) is 3.09. The number of hydrogen-bond acceptors (Lipinski definition) is 4. The van der Waals surface area contributed by atoms with Gasteiger partial charge in [-0.1, -0.05) is 24.3 Å². The van der Waals surface area contributed by atoms with E-state index in [1.165, 1.54) is 0 Å². The summed E-state index contributed by atoms with van der Waals surface area (Å²) in [5.41, 5.74) is 3.50. The van der Waals surface area contributed by atoms with E-state index in [1.807, 2.05) is 50.2 Å². The molecule has 0 saturated heterocycles. The number of methoxy groups -OCH3 is 2. The second-order valence-electron chi connectivity index (χ2n) is 4.45. The first kappa shape index (κ1) is 14.1. The predicted molar refractivity (Wildman–Crippen MR) is 79.6 cm³/mol. The lowest BCUT2D eigenvalue weighted by molar-refractivity contribution is 0.414. The van der Waals surface area contributed by atoms with Gasteiger partial charge in [-0.3, -0.25) is 0 Å². The van der Waals surface area contributed by atoms with Crippen molar-refractivity contribution in [3.05, 3.63) is 47.5 Å². The van der Waals surface area contributed by atoms with Gasteiger partial charge in [0.25, 0.3) is 0 Å². The van der Waals surface area contributed by atoms with Crippen LogP contribution in [0.5, 0.6) is 11.5 Å². The van der Waals surface area contributed by atoms with Gasteiger partial charge < -0.3 is 9.47 Å². The van der Waals surface area contributed by atoms with Gasteiger partial charge in [0, 0.05) is 0 Å². The highest BCUT2D eigenvalue weighted by Crippen LogP contribution is 2.36. The molecule has 0 radical (unpaired) electrons. The van der Waals surface area contributed by atoms with Crippen molar-refractivity contribution in [1.82, 2.24) is 0 Å². The van der Waals surface area contributed by atoms with Gasteiger partial charge >= 0.3 is 0 Å². The molecule has 2 rings (SSSR count). The second kappa shape index (κ2) is 6.19. The minimum Gasteiger partial charge on any atom is -0.494 e. The van der Waals surface area contributed by atoms with Gasteiger partial charge in [0.15, 0.2) is 0 Å². The summed E-state index contributed by atoms with van der Waals surface area (Å²) in [6, 6.07) is 11.6. The first-order chi connectivity index (χ1) is 9.67. The molecule has 2 aromatic rings. The summed E-state index contributed by atoms with van der Waals surface area (Å²) >= 11 is 0. The summed E-state index contributed by atoms with van der Waals surface area (Å²) in [6.07, 6.45) is 0. The van der Waals surface area contributed by atoms with Gasteiger partial charge in [0.05, 0.1) is 14.2 Å². The first-order valence-electron chi connectivity index (χ1n) is 6.36. The molecule has 20 heavy (non-hydrogen) atoms. The van der Waals surface area contributed by atoms with E-state index in [0.29, 0.717) is 11.5 Å². The van der Waals surface area contributed by atoms with Crippen LogP contribution in [0.3, 0.4) is 0 Å². The number of ether oxygens (including phenoxy) is 2. The number of benzene rings is 2. The van der Waals surface area contributed by atoms with E-state index in [2.05, 4.69) is 10.2 Å². The minimum atomic E-state index is 0.710. The average Bonchev–Trinajstić information content (AvgIpc) is 2.46. The molecule has 0 fully saturated rings. The van der Waals surface area contributed by atoms with Crippen LogP contribution in [0.4, 0.5) is 11.4 Å². The van der Waals surface area contributed by atoms with Crippen molar-refractivity contribution in [3.63, 3.8) is 0 Å². The van der Waals surface area contributed by atoms with E-state index in [0.717, 1.165) is 22.5 Å². The monoisotopic (exact) mass is 270 g/mol. The lowest BCUT2D eigenvalue weighted by atomic mass is 10.2. The maximum Gasteiger partial charge on any atom is 0.146 e. The minimum absolute atomic E-state index is 0.710. The van der Waals surface area contributed by atoms with E-state index in [9.17, 15) is 0 Å². The summed E-state index contributed by atoms with van der Waals surface area (Å²) in [4.78, 5) is 0. The van der Waals surface area contributed by atoms with E-state index < -0.39 is 0 Å². The zero-order chi connectivity index (χ0) is 14.5. The Bertz CT molecular complexity index is 581. The highest BCUT2D eigenvalue weighted by molar-refractivity contribution is 5.60. The number of aryl methyl sites for hydroxylation is 2. The Kier molecular flexibility index (Phi) is 4.35. The Morgan fingerprint density at radius 1 is 0.700 bits per heavy atom. The summed E-state index contributed by atoms with van der Waals surface area (Å²) in [6.45, 7) is 3.96. The van der Waals surface area contributed by atoms with Crippen LogP contribution in [0.2, 0.25) is 0 Å². The molecule has 4 heteroatoms. The summed E-state index contributed by atoms with van der Waals surface area (Å²) in [5.74, 6) is 1.42. The molecule has 0 atom stereocenters. The molecule has 0 bridgehead atoms. The van der Waals surface area contributed by atoms with Gasteiger partial charge in [-0.25, -0.2) is 0 Å². The molecule has 0 aliphatic heterocycles. The number of nitrogens with zero attached hydrogens (tertiary/aromatic N) is 2. The van der Waals surface area contributed by atoms with Crippen molar-refractivity contribution in [2.75, 3.05) is 14.2 Å². The molecule has 2 aromatic carbocycles. The maximum absolute atomic E-state index is 5.32. The zero-order valence-corrected chi connectivity index (χ0v) is 12.2. The maximum atomic E-state index is 5.32. The molecule has 0 unspecified atom stereocenters. The Balaban J connectivity index is 2.45. The van der Waals surface area contributed by atoms with Crippen LogP contribution in [-0.4, -0.2) is 14.2 Å². The average molecular weight is 270 g/mol. The standard InChI is InChI=1S/C16H18N2O2/c1-11-7-5-9-13(19-3)15(11)17-18-16-12(2)8-6-10-14(16)20-4/h5-10H,1-4H3. The SMILES string of the molecule is COc1cccc(C)c1N=Nc1c(C)cccc1OC. The number of rotatable bonds is 4. The van der Waals surface area contributed by atoms with Crippen molar-refractivity contribution in [1.29, 1.82) is 0 Å². The van der Waals surface area contributed by atoms with Crippen molar-refractivity contribution >= 4 is 11.4 Å². The van der Waals surface area contributed by atoms with E-state index in [-0.39, 0.29) is 0 Å². The Morgan fingerprint density at radius 2 is 1.10 bits per heavy atom.